The van der Waals surface area contributed by atoms with E-state index in [1.165, 1.54) is 11.9 Å². The van der Waals surface area contributed by atoms with Crippen LogP contribution in [0.1, 0.15) is 12.5 Å². The molecule has 0 fully saturated rings. The number of aromatic nitrogens is 5. The van der Waals surface area contributed by atoms with Crippen molar-refractivity contribution in [3.63, 3.8) is 0 Å². The Kier molecular flexibility index (Phi) is 2.83. The highest BCUT2D eigenvalue weighted by Crippen LogP contribution is 2.20. The van der Waals surface area contributed by atoms with Gasteiger partial charge < -0.3 is 5.32 Å². The first-order valence-corrected chi connectivity index (χ1v) is 6.14. The van der Waals surface area contributed by atoms with Crippen molar-refractivity contribution in [1.29, 1.82) is 0 Å². The van der Waals surface area contributed by atoms with E-state index in [2.05, 4.69) is 44.7 Å². The molecule has 0 unspecified atom stereocenters. The van der Waals surface area contributed by atoms with E-state index in [-0.39, 0.29) is 0 Å². The smallest absolute Gasteiger partial charge is 0.183 e. The summed E-state index contributed by atoms with van der Waals surface area (Å²) in [5.41, 5.74) is 3.66. The van der Waals surface area contributed by atoms with Crippen molar-refractivity contribution in [2.24, 2.45) is 7.05 Å². The van der Waals surface area contributed by atoms with Crippen LogP contribution in [-0.4, -0.2) is 25.0 Å². The van der Waals surface area contributed by atoms with Gasteiger partial charge in [0.15, 0.2) is 17.0 Å². The molecule has 19 heavy (non-hydrogen) atoms. The predicted octanol–water partition coefficient (Wildman–Crippen LogP) is 2.06. The van der Waals surface area contributed by atoms with Gasteiger partial charge in [-0.2, -0.15) is 0 Å². The lowest BCUT2D eigenvalue weighted by atomic mass is 10.1. The van der Waals surface area contributed by atoms with E-state index in [1.807, 2.05) is 19.2 Å². The molecule has 3 aromatic rings. The molecule has 2 aromatic heterocycles. The highest BCUT2D eigenvalue weighted by molar-refractivity contribution is 5.84. The van der Waals surface area contributed by atoms with Crippen LogP contribution in [0.2, 0.25) is 0 Å². The van der Waals surface area contributed by atoms with Gasteiger partial charge in [0, 0.05) is 12.7 Å². The van der Waals surface area contributed by atoms with Crippen LogP contribution in [0.25, 0.3) is 11.2 Å². The van der Waals surface area contributed by atoms with Crippen molar-refractivity contribution < 1.29 is 0 Å². The van der Waals surface area contributed by atoms with Crippen molar-refractivity contribution in [3.8, 4) is 0 Å². The summed E-state index contributed by atoms with van der Waals surface area (Å²) in [5.74, 6) is 0.669. The van der Waals surface area contributed by atoms with E-state index in [1.54, 1.807) is 4.68 Å². The van der Waals surface area contributed by atoms with E-state index in [9.17, 15) is 0 Å². The zero-order valence-corrected chi connectivity index (χ0v) is 10.8. The first-order chi connectivity index (χ1) is 9.28. The van der Waals surface area contributed by atoms with E-state index in [4.69, 9.17) is 0 Å². The number of fused-ring (bicyclic) bond motifs is 1. The second-order valence-corrected chi connectivity index (χ2v) is 4.28. The minimum Gasteiger partial charge on any atom is -0.338 e. The molecule has 0 atom stereocenters. The molecule has 2 heterocycles. The lowest BCUT2D eigenvalue weighted by molar-refractivity contribution is 0.729. The van der Waals surface area contributed by atoms with Gasteiger partial charge in [-0.15, -0.1) is 5.10 Å². The van der Waals surface area contributed by atoms with Crippen molar-refractivity contribution in [3.05, 3.63) is 36.2 Å². The van der Waals surface area contributed by atoms with Crippen molar-refractivity contribution in [1.82, 2.24) is 25.0 Å². The molecule has 0 amide bonds. The fourth-order valence-corrected chi connectivity index (χ4v) is 1.90. The summed E-state index contributed by atoms with van der Waals surface area (Å²) in [7, 11) is 1.81. The maximum Gasteiger partial charge on any atom is 0.183 e. The van der Waals surface area contributed by atoms with Gasteiger partial charge in [0.05, 0.1) is 0 Å². The summed E-state index contributed by atoms with van der Waals surface area (Å²) in [6.07, 6.45) is 2.54. The lowest BCUT2D eigenvalue weighted by Gasteiger charge is -2.06. The number of nitrogens with one attached hydrogen (secondary N) is 1. The number of nitrogens with zero attached hydrogens (tertiary/aromatic N) is 5. The van der Waals surface area contributed by atoms with Crippen LogP contribution >= 0.6 is 0 Å². The van der Waals surface area contributed by atoms with E-state index < -0.39 is 0 Å². The largest absolute Gasteiger partial charge is 0.338 e. The molecule has 0 saturated carbocycles. The molecule has 1 aromatic carbocycles. The maximum absolute atomic E-state index is 4.22. The zero-order valence-electron chi connectivity index (χ0n) is 10.8. The third-order valence-corrected chi connectivity index (χ3v) is 3.01. The zero-order chi connectivity index (χ0) is 13.2. The topological polar surface area (TPSA) is 68.5 Å². The third kappa shape index (κ3) is 2.12. The van der Waals surface area contributed by atoms with Crippen LogP contribution in [0, 0.1) is 0 Å². The molecule has 6 nitrogen and oxygen atoms in total. The Morgan fingerprint density at radius 2 is 1.95 bits per heavy atom. The van der Waals surface area contributed by atoms with Crippen LogP contribution in [0.3, 0.4) is 0 Å². The van der Waals surface area contributed by atoms with Gasteiger partial charge in [0.1, 0.15) is 6.33 Å². The normalized spacial score (nSPS) is 10.8. The average molecular weight is 254 g/mol. The van der Waals surface area contributed by atoms with Crippen LogP contribution in [-0.2, 0) is 13.5 Å². The average Bonchev–Trinajstić information content (AvgIpc) is 2.83. The Bertz CT molecular complexity index is 701. The molecular weight excluding hydrogens is 240 g/mol. The Labute approximate surface area is 110 Å². The van der Waals surface area contributed by atoms with Crippen LogP contribution in [0.5, 0.6) is 0 Å². The number of benzene rings is 1. The minimum absolute atomic E-state index is 0.669. The summed E-state index contributed by atoms with van der Waals surface area (Å²) < 4.78 is 1.63. The highest BCUT2D eigenvalue weighted by atomic mass is 15.4. The second-order valence-electron chi connectivity index (χ2n) is 4.28. The van der Waals surface area contributed by atoms with Crippen LogP contribution < -0.4 is 5.32 Å². The van der Waals surface area contributed by atoms with Crippen LogP contribution in [0.4, 0.5) is 11.5 Å². The summed E-state index contributed by atoms with van der Waals surface area (Å²) in [6, 6.07) is 8.25. The van der Waals surface area contributed by atoms with Crippen LogP contribution in [0.15, 0.2) is 30.6 Å². The van der Waals surface area contributed by atoms with Crippen molar-refractivity contribution in [2.75, 3.05) is 5.32 Å². The fourth-order valence-electron chi connectivity index (χ4n) is 1.90. The molecule has 0 aliphatic heterocycles. The molecule has 0 spiro atoms. The Hall–Kier alpha value is -2.50. The van der Waals surface area contributed by atoms with Crippen molar-refractivity contribution >= 4 is 22.7 Å². The van der Waals surface area contributed by atoms with Gasteiger partial charge in [-0.1, -0.05) is 24.3 Å². The molecule has 6 heteroatoms. The molecule has 96 valence electrons. The number of aryl methyl sites for hydroxylation is 2. The molecule has 0 saturated heterocycles. The highest BCUT2D eigenvalue weighted by Gasteiger charge is 2.09. The minimum atomic E-state index is 0.669. The number of anilines is 2. The number of hydrogen-bond donors (Lipinski definition) is 1. The summed E-state index contributed by atoms with van der Waals surface area (Å²) in [6.45, 7) is 2.13. The SMILES string of the molecule is CCc1ccc(Nc2ncnc3c2nnn3C)cc1. The molecule has 0 aliphatic rings. The Morgan fingerprint density at radius 3 is 2.68 bits per heavy atom. The van der Waals surface area contributed by atoms with Gasteiger partial charge in [-0.05, 0) is 24.1 Å². The molecule has 3 rings (SSSR count). The molecule has 0 radical (unpaired) electrons. The van der Waals surface area contributed by atoms with Gasteiger partial charge in [0.2, 0.25) is 0 Å². The van der Waals surface area contributed by atoms with E-state index in [0.29, 0.717) is 17.0 Å². The molecule has 0 bridgehead atoms. The number of rotatable bonds is 3. The lowest BCUT2D eigenvalue weighted by Crippen LogP contribution is -1.97. The van der Waals surface area contributed by atoms with Gasteiger partial charge in [0.25, 0.3) is 0 Å². The van der Waals surface area contributed by atoms with Gasteiger partial charge >= 0.3 is 0 Å². The summed E-state index contributed by atoms with van der Waals surface area (Å²) in [4.78, 5) is 8.38. The maximum atomic E-state index is 4.22. The first kappa shape index (κ1) is 11.6. The Balaban J connectivity index is 1.96. The van der Waals surface area contributed by atoms with Gasteiger partial charge in [-0.3, -0.25) is 0 Å². The predicted molar refractivity (Wildman–Crippen MR) is 73.2 cm³/mol. The summed E-state index contributed by atoms with van der Waals surface area (Å²) in [5, 5.41) is 11.3. The van der Waals surface area contributed by atoms with Crippen molar-refractivity contribution in [2.45, 2.75) is 13.3 Å². The third-order valence-electron chi connectivity index (χ3n) is 3.01. The molecule has 0 aliphatic carbocycles. The molecular formula is C13H14N6. The first-order valence-electron chi connectivity index (χ1n) is 6.14. The fraction of sp³-hybridized carbons (Fsp3) is 0.231. The second kappa shape index (κ2) is 4.64. The van der Waals surface area contributed by atoms with E-state index >= 15 is 0 Å². The molecule has 1 N–H and O–H groups in total. The summed E-state index contributed by atoms with van der Waals surface area (Å²) >= 11 is 0. The van der Waals surface area contributed by atoms with Gasteiger partial charge in [-0.25, -0.2) is 14.6 Å². The number of hydrogen-bond acceptors (Lipinski definition) is 5. The van der Waals surface area contributed by atoms with E-state index in [0.717, 1.165) is 12.1 Å². The Morgan fingerprint density at radius 1 is 1.16 bits per heavy atom. The monoisotopic (exact) mass is 254 g/mol. The standard InChI is InChI=1S/C13H14N6/c1-3-9-4-6-10(7-5-9)16-12-11-13(15-8-14-12)19(2)18-17-11/h4-8H,3H2,1-2H3,(H,14,15,16). The quantitative estimate of drug-likeness (QED) is 0.774.